The number of carbonyl (C=O) groups excluding carboxylic acids is 1. The summed E-state index contributed by atoms with van der Waals surface area (Å²) >= 11 is 0. The van der Waals surface area contributed by atoms with Gasteiger partial charge in [0.05, 0.1) is 0 Å². The summed E-state index contributed by atoms with van der Waals surface area (Å²) in [5, 5.41) is 2.70. The van der Waals surface area contributed by atoms with E-state index >= 15 is 0 Å². The van der Waals surface area contributed by atoms with Crippen LogP contribution in [0.5, 0.6) is 5.75 Å². The predicted molar refractivity (Wildman–Crippen MR) is 67.8 cm³/mol. The summed E-state index contributed by atoms with van der Waals surface area (Å²) in [5.41, 5.74) is 6.27. The third-order valence-corrected chi connectivity index (χ3v) is 2.27. The second-order valence-electron chi connectivity index (χ2n) is 4.48. The van der Waals surface area contributed by atoms with Crippen LogP contribution in [0.1, 0.15) is 32.4 Å². The van der Waals surface area contributed by atoms with Crippen LogP contribution in [0.15, 0.2) is 18.2 Å². The van der Waals surface area contributed by atoms with Gasteiger partial charge in [0.2, 0.25) is 0 Å². The van der Waals surface area contributed by atoms with Gasteiger partial charge < -0.3 is 15.8 Å². The van der Waals surface area contributed by atoms with Gasteiger partial charge >= 0.3 is 0 Å². The molecule has 0 spiro atoms. The zero-order valence-electron chi connectivity index (χ0n) is 10.9. The lowest BCUT2D eigenvalue weighted by atomic mass is 10.1. The second-order valence-corrected chi connectivity index (χ2v) is 4.48. The van der Waals surface area contributed by atoms with Gasteiger partial charge in [-0.3, -0.25) is 4.79 Å². The molecule has 1 atom stereocenters. The molecule has 0 aliphatic rings. The fourth-order valence-corrected chi connectivity index (χ4v) is 1.51. The Hall–Kier alpha value is -1.62. The minimum Gasteiger partial charge on any atom is -0.483 e. The van der Waals surface area contributed by atoms with Crippen molar-refractivity contribution in [2.24, 2.45) is 5.73 Å². The lowest BCUT2D eigenvalue weighted by molar-refractivity contribution is -0.123. The largest absolute Gasteiger partial charge is 0.483 e. The first-order valence-corrected chi connectivity index (χ1v) is 5.87. The molecule has 1 rings (SSSR count). The Morgan fingerprint density at radius 2 is 2.11 bits per heavy atom. The van der Waals surface area contributed by atoms with E-state index in [-0.39, 0.29) is 30.4 Å². The number of nitrogens with one attached hydrogen (secondary N) is 1. The molecule has 18 heavy (non-hydrogen) atoms. The molecule has 0 fully saturated rings. The standard InChI is InChI=1S/C13H19FN2O2/c1-8(2)16-13(17)7-18-12-5-4-10(14)6-11(12)9(3)15/h4-6,8-9H,7,15H2,1-3H3,(H,16,17). The first-order chi connectivity index (χ1) is 8.40. The topological polar surface area (TPSA) is 64.3 Å². The Bertz CT molecular complexity index is 419. The highest BCUT2D eigenvalue weighted by Gasteiger charge is 2.11. The smallest absolute Gasteiger partial charge is 0.258 e. The van der Waals surface area contributed by atoms with E-state index in [0.717, 1.165) is 0 Å². The monoisotopic (exact) mass is 254 g/mol. The molecule has 0 aromatic heterocycles. The molecule has 0 radical (unpaired) electrons. The number of amides is 1. The average Bonchev–Trinajstić information content (AvgIpc) is 2.26. The number of halogens is 1. The predicted octanol–water partition coefficient (Wildman–Crippen LogP) is 1.75. The molecular formula is C13H19FN2O2. The van der Waals surface area contributed by atoms with Crippen molar-refractivity contribution in [3.63, 3.8) is 0 Å². The van der Waals surface area contributed by atoms with Crippen LogP contribution in [0, 0.1) is 5.82 Å². The van der Waals surface area contributed by atoms with Crippen molar-refractivity contribution in [3.05, 3.63) is 29.6 Å². The molecule has 0 aliphatic carbocycles. The molecule has 0 aliphatic heterocycles. The van der Waals surface area contributed by atoms with Crippen LogP contribution in [0.2, 0.25) is 0 Å². The van der Waals surface area contributed by atoms with E-state index in [1.54, 1.807) is 6.92 Å². The van der Waals surface area contributed by atoms with Crippen LogP contribution >= 0.6 is 0 Å². The summed E-state index contributed by atoms with van der Waals surface area (Å²) in [6, 6.07) is 3.78. The van der Waals surface area contributed by atoms with E-state index in [2.05, 4.69) is 5.32 Å². The third kappa shape index (κ3) is 4.33. The maximum Gasteiger partial charge on any atom is 0.258 e. The number of rotatable bonds is 5. The first kappa shape index (κ1) is 14.4. The molecule has 1 amide bonds. The van der Waals surface area contributed by atoms with E-state index in [9.17, 15) is 9.18 Å². The number of carbonyl (C=O) groups is 1. The fraction of sp³-hybridized carbons (Fsp3) is 0.462. The summed E-state index contributed by atoms with van der Waals surface area (Å²) in [6.07, 6.45) is 0. The van der Waals surface area contributed by atoms with Gasteiger partial charge in [-0.25, -0.2) is 4.39 Å². The minimum atomic E-state index is -0.374. The van der Waals surface area contributed by atoms with Gasteiger partial charge in [-0.2, -0.15) is 0 Å². The Morgan fingerprint density at radius 3 is 2.67 bits per heavy atom. The maximum absolute atomic E-state index is 13.1. The molecular weight excluding hydrogens is 235 g/mol. The van der Waals surface area contributed by atoms with Gasteiger partial charge in [0, 0.05) is 17.6 Å². The molecule has 1 aromatic carbocycles. The van der Waals surface area contributed by atoms with Crippen LogP contribution in [0.3, 0.4) is 0 Å². The number of hydrogen-bond acceptors (Lipinski definition) is 3. The van der Waals surface area contributed by atoms with Crippen molar-refractivity contribution in [2.45, 2.75) is 32.9 Å². The summed E-state index contributed by atoms with van der Waals surface area (Å²) in [6.45, 7) is 5.35. The Morgan fingerprint density at radius 1 is 1.44 bits per heavy atom. The van der Waals surface area contributed by atoms with Gasteiger partial charge in [-0.15, -0.1) is 0 Å². The van der Waals surface area contributed by atoms with E-state index in [4.69, 9.17) is 10.5 Å². The lowest BCUT2D eigenvalue weighted by Crippen LogP contribution is -2.34. The maximum atomic E-state index is 13.1. The van der Waals surface area contributed by atoms with Gasteiger partial charge in [-0.05, 0) is 39.0 Å². The highest BCUT2D eigenvalue weighted by molar-refractivity contribution is 5.77. The van der Waals surface area contributed by atoms with Crippen LogP contribution in [0.25, 0.3) is 0 Å². The van der Waals surface area contributed by atoms with Crippen molar-refractivity contribution in [2.75, 3.05) is 6.61 Å². The molecule has 1 unspecified atom stereocenters. The van der Waals surface area contributed by atoms with Crippen molar-refractivity contribution >= 4 is 5.91 Å². The van der Waals surface area contributed by atoms with Crippen molar-refractivity contribution < 1.29 is 13.9 Å². The molecule has 0 saturated carbocycles. The van der Waals surface area contributed by atoms with Gasteiger partial charge in [0.25, 0.3) is 5.91 Å². The van der Waals surface area contributed by atoms with E-state index in [1.807, 2.05) is 13.8 Å². The molecule has 0 saturated heterocycles. The zero-order valence-corrected chi connectivity index (χ0v) is 10.9. The molecule has 0 bridgehead atoms. The quantitative estimate of drug-likeness (QED) is 0.841. The number of ether oxygens (including phenoxy) is 1. The van der Waals surface area contributed by atoms with Crippen LogP contribution in [-0.2, 0) is 4.79 Å². The first-order valence-electron chi connectivity index (χ1n) is 5.87. The molecule has 5 heteroatoms. The normalized spacial score (nSPS) is 12.3. The Labute approximate surface area is 106 Å². The summed E-state index contributed by atoms with van der Waals surface area (Å²) in [7, 11) is 0. The molecule has 4 nitrogen and oxygen atoms in total. The van der Waals surface area contributed by atoms with Gasteiger partial charge in [-0.1, -0.05) is 0 Å². The zero-order chi connectivity index (χ0) is 13.7. The molecule has 1 aromatic rings. The SMILES string of the molecule is CC(C)NC(=O)COc1ccc(F)cc1C(C)N. The third-order valence-electron chi connectivity index (χ3n) is 2.27. The number of hydrogen-bond donors (Lipinski definition) is 2. The van der Waals surface area contributed by atoms with Crippen LogP contribution in [-0.4, -0.2) is 18.6 Å². The average molecular weight is 254 g/mol. The molecule has 100 valence electrons. The highest BCUT2D eigenvalue weighted by atomic mass is 19.1. The summed E-state index contributed by atoms with van der Waals surface area (Å²) in [4.78, 5) is 11.4. The number of benzene rings is 1. The van der Waals surface area contributed by atoms with Crippen molar-refractivity contribution in [1.82, 2.24) is 5.32 Å². The summed E-state index contributed by atoms with van der Waals surface area (Å²) < 4.78 is 18.4. The van der Waals surface area contributed by atoms with Crippen LogP contribution in [0.4, 0.5) is 4.39 Å². The molecule has 0 heterocycles. The van der Waals surface area contributed by atoms with Crippen LogP contribution < -0.4 is 15.8 Å². The van der Waals surface area contributed by atoms with Gasteiger partial charge in [0.15, 0.2) is 6.61 Å². The highest BCUT2D eigenvalue weighted by Crippen LogP contribution is 2.24. The second kappa shape index (κ2) is 6.35. The van der Waals surface area contributed by atoms with Crippen molar-refractivity contribution in [1.29, 1.82) is 0 Å². The fourth-order valence-electron chi connectivity index (χ4n) is 1.51. The Balaban J connectivity index is 2.70. The summed E-state index contributed by atoms with van der Waals surface area (Å²) in [5.74, 6) is -0.156. The van der Waals surface area contributed by atoms with E-state index < -0.39 is 0 Å². The molecule has 3 N–H and O–H groups in total. The number of nitrogens with two attached hydrogens (primary N) is 1. The minimum absolute atomic E-state index is 0.0576. The van der Waals surface area contributed by atoms with E-state index in [0.29, 0.717) is 11.3 Å². The van der Waals surface area contributed by atoms with E-state index in [1.165, 1.54) is 18.2 Å². The van der Waals surface area contributed by atoms with Gasteiger partial charge in [0.1, 0.15) is 11.6 Å². The lowest BCUT2D eigenvalue weighted by Gasteiger charge is -2.14. The Kier molecular flexibility index (Phi) is 5.09. The van der Waals surface area contributed by atoms with Crippen molar-refractivity contribution in [3.8, 4) is 5.75 Å².